The smallest absolute Gasteiger partial charge is 0.419 e. The van der Waals surface area contributed by atoms with Gasteiger partial charge in [0.1, 0.15) is 5.75 Å². The van der Waals surface area contributed by atoms with Crippen LogP contribution in [0.25, 0.3) is 0 Å². The molecule has 0 amide bonds. The molecule has 0 aliphatic heterocycles. The molecular weight excluding hydrogens is 431 g/mol. The van der Waals surface area contributed by atoms with Crippen molar-refractivity contribution in [3.63, 3.8) is 0 Å². The van der Waals surface area contributed by atoms with Crippen LogP contribution in [0.15, 0.2) is 30.3 Å². The Kier molecular flexibility index (Phi) is 5.23. The van der Waals surface area contributed by atoms with Crippen LogP contribution in [0.1, 0.15) is 61.1 Å². The standard InChI is InChI=1S/C23H25ClF3NO3/c1-21(2)11-22(30,23(25,26)27)20(14-7-9-15(24)19(31-3)18(14)21)28-16-6-4-5-13-12(16)8-10-17(13)29/h4-7,9,17,20,28-30H,8,10-11H2,1-3H3. The lowest BCUT2D eigenvalue weighted by atomic mass is 9.63. The number of fused-ring (bicyclic) bond motifs is 2. The second kappa shape index (κ2) is 7.29. The fourth-order valence-electron chi connectivity index (χ4n) is 5.22. The minimum Gasteiger partial charge on any atom is -0.495 e. The van der Waals surface area contributed by atoms with Gasteiger partial charge in [-0.3, -0.25) is 0 Å². The number of hydrogen-bond acceptors (Lipinski definition) is 4. The van der Waals surface area contributed by atoms with Crippen molar-refractivity contribution < 1.29 is 28.1 Å². The van der Waals surface area contributed by atoms with Gasteiger partial charge in [0.25, 0.3) is 0 Å². The first-order chi connectivity index (χ1) is 14.4. The van der Waals surface area contributed by atoms with E-state index in [1.54, 1.807) is 32.0 Å². The van der Waals surface area contributed by atoms with Crippen molar-refractivity contribution in [1.29, 1.82) is 0 Å². The van der Waals surface area contributed by atoms with E-state index in [2.05, 4.69) is 5.32 Å². The Morgan fingerprint density at radius 1 is 1.16 bits per heavy atom. The minimum atomic E-state index is -4.88. The van der Waals surface area contributed by atoms with E-state index in [0.717, 1.165) is 5.56 Å². The Hall–Kier alpha value is -1.96. The zero-order valence-corrected chi connectivity index (χ0v) is 18.2. The Morgan fingerprint density at radius 2 is 1.87 bits per heavy atom. The molecule has 2 aromatic carbocycles. The Morgan fingerprint density at radius 3 is 2.52 bits per heavy atom. The van der Waals surface area contributed by atoms with Gasteiger partial charge in [-0.25, -0.2) is 0 Å². The highest BCUT2D eigenvalue weighted by Crippen LogP contribution is 2.57. The molecule has 3 N–H and O–H groups in total. The average Bonchev–Trinajstić information content (AvgIpc) is 3.06. The van der Waals surface area contributed by atoms with Crippen LogP contribution < -0.4 is 10.1 Å². The molecule has 0 bridgehead atoms. The number of rotatable bonds is 3. The van der Waals surface area contributed by atoms with Gasteiger partial charge >= 0.3 is 6.18 Å². The lowest BCUT2D eigenvalue weighted by molar-refractivity contribution is -0.275. The summed E-state index contributed by atoms with van der Waals surface area (Å²) in [6.07, 6.45) is -5.05. The molecule has 0 heterocycles. The molecule has 2 aliphatic rings. The number of ether oxygens (including phenoxy) is 1. The van der Waals surface area contributed by atoms with Crippen molar-refractivity contribution in [2.24, 2.45) is 0 Å². The third-order valence-electron chi connectivity index (χ3n) is 6.55. The highest BCUT2D eigenvalue weighted by molar-refractivity contribution is 6.32. The molecule has 8 heteroatoms. The van der Waals surface area contributed by atoms with E-state index in [1.807, 2.05) is 0 Å². The predicted octanol–water partition coefficient (Wildman–Crippen LogP) is 5.46. The van der Waals surface area contributed by atoms with Crippen molar-refractivity contribution in [3.8, 4) is 5.75 Å². The number of alkyl halides is 3. The van der Waals surface area contributed by atoms with Crippen molar-refractivity contribution >= 4 is 17.3 Å². The summed E-state index contributed by atoms with van der Waals surface area (Å²) in [5.41, 5.74) is -1.31. The van der Waals surface area contributed by atoms with E-state index in [1.165, 1.54) is 19.2 Å². The van der Waals surface area contributed by atoms with Crippen LogP contribution in [0.4, 0.5) is 18.9 Å². The molecule has 31 heavy (non-hydrogen) atoms. The van der Waals surface area contributed by atoms with Crippen molar-refractivity contribution in [1.82, 2.24) is 0 Å². The third-order valence-corrected chi connectivity index (χ3v) is 6.85. The van der Waals surface area contributed by atoms with E-state index in [4.69, 9.17) is 16.3 Å². The summed E-state index contributed by atoms with van der Waals surface area (Å²) in [6.45, 7) is 3.29. The number of hydrogen-bond donors (Lipinski definition) is 3. The van der Waals surface area contributed by atoms with Gasteiger partial charge in [0.2, 0.25) is 0 Å². The first kappa shape index (κ1) is 22.2. The maximum absolute atomic E-state index is 14.3. The van der Waals surface area contributed by atoms with Gasteiger partial charge in [-0.2, -0.15) is 13.2 Å². The second-order valence-corrected chi connectivity index (χ2v) is 9.44. The maximum atomic E-state index is 14.3. The van der Waals surface area contributed by atoms with Crippen LogP contribution in [-0.4, -0.2) is 29.1 Å². The summed E-state index contributed by atoms with van der Waals surface area (Å²) in [5, 5.41) is 24.6. The Balaban J connectivity index is 1.93. The summed E-state index contributed by atoms with van der Waals surface area (Å²) in [6, 6.07) is 6.68. The first-order valence-corrected chi connectivity index (χ1v) is 10.5. The van der Waals surface area contributed by atoms with E-state index in [9.17, 15) is 23.4 Å². The highest BCUT2D eigenvalue weighted by atomic mass is 35.5. The predicted molar refractivity (Wildman–Crippen MR) is 113 cm³/mol. The van der Waals surface area contributed by atoms with Gasteiger partial charge < -0.3 is 20.3 Å². The van der Waals surface area contributed by atoms with E-state index in [-0.39, 0.29) is 5.56 Å². The zero-order chi connectivity index (χ0) is 22.8. The molecular formula is C23H25ClF3NO3. The van der Waals surface area contributed by atoms with Crippen LogP contribution in [0.3, 0.4) is 0 Å². The average molecular weight is 456 g/mol. The number of halogens is 4. The van der Waals surface area contributed by atoms with Crippen molar-refractivity contribution in [3.05, 3.63) is 57.6 Å². The number of benzene rings is 2. The zero-order valence-electron chi connectivity index (χ0n) is 17.5. The van der Waals surface area contributed by atoms with Crippen LogP contribution in [0, 0.1) is 0 Å². The highest BCUT2D eigenvalue weighted by Gasteiger charge is 2.64. The molecule has 4 nitrogen and oxygen atoms in total. The first-order valence-electron chi connectivity index (χ1n) is 10.1. The van der Waals surface area contributed by atoms with E-state index < -0.39 is 35.8 Å². The number of nitrogens with one attached hydrogen (secondary N) is 1. The van der Waals surface area contributed by atoms with Crippen LogP contribution in [0.2, 0.25) is 5.02 Å². The lowest BCUT2D eigenvalue weighted by Crippen LogP contribution is -2.58. The molecule has 2 aliphatic carbocycles. The van der Waals surface area contributed by atoms with Gasteiger partial charge in [-0.05, 0) is 53.5 Å². The van der Waals surface area contributed by atoms with E-state index in [0.29, 0.717) is 40.4 Å². The number of aliphatic hydroxyl groups is 2. The minimum absolute atomic E-state index is 0.286. The number of anilines is 1. The third kappa shape index (κ3) is 3.38. The molecule has 0 saturated carbocycles. The molecule has 4 rings (SSSR count). The second-order valence-electron chi connectivity index (χ2n) is 9.03. The molecule has 168 valence electrons. The van der Waals surface area contributed by atoms with Gasteiger partial charge in [0.15, 0.2) is 5.60 Å². The van der Waals surface area contributed by atoms with Crippen molar-refractivity contribution in [2.75, 3.05) is 12.4 Å². The van der Waals surface area contributed by atoms with Crippen LogP contribution >= 0.6 is 11.6 Å². The summed E-state index contributed by atoms with van der Waals surface area (Å²) >= 11 is 6.29. The monoisotopic (exact) mass is 455 g/mol. The molecule has 3 unspecified atom stereocenters. The Labute approximate surface area is 184 Å². The molecule has 2 aromatic rings. The SMILES string of the molecule is COc1c(Cl)ccc2c1C(C)(C)CC(O)(C(F)(F)F)C2Nc1cccc2c1CCC2O. The molecule has 0 fully saturated rings. The lowest BCUT2D eigenvalue weighted by Gasteiger charge is -2.49. The van der Waals surface area contributed by atoms with Crippen LogP contribution in [-0.2, 0) is 11.8 Å². The molecule has 0 saturated heterocycles. The van der Waals surface area contributed by atoms with Gasteiger partial charge in [-0.1, -0.05) is 43.6 Å². The maximum Gasteiger partial charge on any atom is 0.419 e. The van der Waals surface area contributed by atoms with Crippen molar-refractivity contribution in [2.45, 2.75) is 62.4 Å². The fraction of sp³-hybridized carbons (Fsp3) is 0.478. The molecule has 0 spiro atoms. The molecule has 0 aromatic heterocycles. The van der Waals surface area contributed by atoms with Gasteiger partial charge in [0, 0.05) is 11.3 Å². The normalized spacial score (nSPS) is 26.9. The van der Waals surface area contributed by atoms with E-state index >= 15 is 0 Å². The van der Waals surface area contributed by atoms with Gasteiger partial charge in [0.05, 0.1) is 24.3 Å². The largest absolute Gasteiger partial charge is 0.495 e. The quantitative estimate of drug-likeness (QED) is 0.575. The summed E-state index contributed by atoms with van der Waals surface area (Å²) < 4.78 is 48.4. The molecule has 0 radical (unpaired) electrons. The van der Waals surface area contributed by atoms with Gasteiger partial charge in [-0.15, -0.1) is 0 Å². The topological polar surface area (TPSA) is 61.7 Å². The Bertz CT molecular complexity index is 1020. The molecule has 3 atom stereocenters. The number of methoxy groups -OCH3 is 1. The summed E-state index contributed by atoms with van der Waals surface area (Å²) in [5.74, 6) is 0.314. The summed E-state index contributed by atoms with van der Waals surface area (Å²) in [4.78, 5) is 0. The summed E-state index contributed by atoms with van der Waals surface area (Å²) in [7, 11) is 1.43. The fourth-order valence-corrected chi connectivity index (χ4v) is 5.45. The van der Waals surface area contributed by atoms with Crippen LogP contribution in [0.5, 0.6) is 5.75 Å². The number of aliphatic hydroxyl groups excluding tert-OH is 1.